The summed E-state index contributed by atoms with van der Waals surface area (Å²) in [4.78, 5) is 6.38. The van der Waals surface area contributed by atoms with E-state index in [1.807, 2.05) is 23.1 Å². The zero-order chi connectivity index (χ0) is 16.8. The first-order chi connectivity index (χ1) is 11.6. The van der Waals surface area contributed by atoms with Crippen LogP contribution in [-0.4, -0.2) is 11.5 Å². The van der Waals surface area contributed by atoms with Gasteiger partial charge < -0.3 is 4.90 Å². The summed E-state index contributed by atoms with van der Waals surface area (Å²) in [5.74, 6) is -0.417. The molecule has 1 aliphatic heterocycles. The third kappa shape index (κ3) is 2.34. The molecule has 1 aromatic heterocycles. The Kier molecular flexibility index (Phi) is 3.67. The minimum atomic E-state index is -0.417. The molecule has 0 radical (unpaired) electrons. The van der Waals surface area contributed by atoms with Crippen LogP contribution in [0.5, 0.6) is 0 Å². The number of hydrogen-bond donors (Lipinski definition) is 0. The van der Waals surface area contributed by atoms with Crippen LogP contribution in [0.4, 0.5) is 15.8 Å². The predicted molar refractivity (Wildman–Crippen MR) is 96.3 cm³/mol. The second-order valence-corrected chi connectivity index (χ2v) is 6.91. The van der Waals surface area contributed by atoms with Crippen molar-refractivity contribution in [1.29, 1.82) is 5.26 Å². The Morgan fingerprint density at radius 1 is 1.29 bits per heavy atom. The Balaban J connectivity index is 2.01. The molecule has 0 bridgehead atoms. The van der Waals surface area contributed by atoms with Crippen LogP contribution in [0.2, 0.25) is 5.02 Å². The molecule has 0 saturated heterocycles. The number of rotatable bonds is 1. The molecule has 6 heteroatoms. The first-order valence-electron chi connectivity index (χ1n) is 7.32. The van der Waals surface area contributed by atoms with Crippen molar-refractivity contribution in [1.82, 2.24) is 4.98 Å². The quantitative estimate of drug-likeness (QED) is 0.550. The maximum Gasteiger partial charge on any atom is 0.142 e. The maximum absolute atomic E-state index is 13.7. The van der Waals surface area contributed by atoms with E-state index in [4.69, 9.17) is 11.6 Å². The summed E-state index contributed by atoms with van der Waals surface area (Å²) in [6.45, 7) is 0.662. The van der Waals surface area contributed by atoms with Gasteiger partial charge in [0.05, 0.1) is 21.8 Å². The van der Waals surface area contributed by atoms with Gasteiger partial charge in [-0.25, -0.2) is 4.39 Å². The first kappa shape index (κ1) is 15.4. The highest BCUT2D eigenvalue weighted by molar-refractivity contribution is 9.10. The molecule has 0 aliphatic carbocycles. The number of aromatic nitrogens is 1. The van der Waals surface area contributed by atoms with Gasteiger partial charge in [-0.2, -0.15) is 5.26 Å². The molecule has 0 amide bonds. The van der Waals surface area contributed by atoms with Gasteiger partial charge in [0.15, 0.2) is 0 Å². The van der Waals surface area contributed by atoms with Gasteiger partial charge in [-0.1, -0.05) is 27.5 Å². The van der Waals surface area contributed by atoms with Crippen molar-refractivity contribution in [2.24, 2.45) is 0 Å². The van der Waals surface area contributed by atoms with E-state index in [0.717, 1.165) is 32.3 Å². The summed E-state index contributed by atoms with van der Waals surface area (Å²) < 4.78 is 14.6. The summed E-state index contributed by atoms with van der Waals surface area (Å²) >= 11 is 9.45. The van der Waals surface area contributed by atoms with E-state index in [9.17, 15) is 9.65 Å². The molecule has 4 rings (SSSR count). The van der Waals surface area contributed by atoms with E-state index >= 15 is 0 Å². The molecule has 0 N–H and O–H groups in total. The molecule has 2 aromatic carbocycles. The second-order valence-electron chi connectivity index (χ2n) is 5.59. The van der Waals surface area contributed by atoms with Gasteiger partial charge >= 0.3 is 0 Å². The number of halogens is 3. The zero-order valence-corrected chi connectivity index (χ0v) is 14.7. The van der Waals surface area contributed by atoms with Gasteiger partial charge in [-0.3, -0.25) is 4.98 Å². The monoisotopic (exact) mass is 401 g/mol. The standard InChI is InChI=1S/C18H10BrClFN3/c19-12-1-2-16-13(6-12)18(11(8-22)9-23-16)24-4-3-10-5-15(21)14(20)7-17(10)24/h1-2,5-7,9H,3-4H2. The highest BCUT2D eigenvalue weighted by Crippen LogP contribution is 2.42. The van der Waals surface area contributed by atoms with E-state index in [-0.39, 0.29) is 5.02 Å². The van der Waals surface area contributed by atoms with Crippen molar-refractivity contribution >= 4 is 49.8 Å². The fourth-order valence-corrected chi connectivity index (χ4v) is 3.66. The Morgan fingerprint density at radius 2 is 2.12 bits per heavy atom. The van der Waals surface area contributed by atoms with Crippen LogP contribution in [0.15, 0.2) is 41.0 Å². The lowest BCUT2D eigenvalue weighted by Gasteiger charge is -2.23. The number of pyridine rings is 1. The van der Waals surface area contributed by atoms with Gasteiger partial charge in [-0.15, -0.1) is 0 Å². The number of fused-ring (bicyclic) bond motifs is 2. The number of nitriles is 1. The van der Waals surface area contributed by atoms with Gasteiger partial charge in [0.2, 0.25) is 0 Å². The van der Waals surface area contributed by atoms with Crippen molar-refractivity contribution < 1.29 is 4.39 Å². The van der Waals surface area contributed by atoms with Crippen molar-refractivity contribution in [3.05, 3.63) is 63.0 Å². The van der Waals surface area contributed by atoms with Gasteiger partial charge in [0.1, 0.15) is 11.9 Å². The van der Waals surface area contributed by atoms with Crippen LogP contribution < -0.4 is 4.90 Å². The van der Waals surface area contributed by atoms with Crippen LogP contribution in [0.25, 0.3) is 10.9 Å². The molecule has 3 nitrogen and oxygen atoms in total. The SMILES string of the molecule is N#Cc1cnc2ccc(Br)cc2c1N1CCc2cc(F)c(Cl)cc21. The van der Waals surface area contributed by atoms with Crippen LogP contribution in [0, 0.1) is 17.1 Å². The largest absolute Gasteiger partial charge is 0.339 e. The fraction of sp³-hybridized carbons (Fsp3) is 0.111. The molecule has 0 unspecified atom stereocenters. The lowest BCUT2D eigenvalue weighted by molar-refractivity contribution is 0.627. The van der Waals surface area contributed by atoms with Gasteiger partial charge in [-0.05, 0) is 42.3 Å². The van der Waals surface area contributed by atoms with E-state index in [2.05, 4.69) is 27.0 Å². The highest BCUT2D eigenvalue weighted by atomic mass is 79.9. The average molecular weight is 403 g/mol. The summed E-state index contributed by atoms with van der Waals surface area (Å²) in [7, 11) is 0. The zero-order valence-electron chi connectivity index (χ0n) is 12.4. The molecule has 0 spiro atoms. The number of nitrogens with zero attached hydrogens (tertiary/aromatic N) is 3. The number of hydrogen-bond acceptors (Lipinski definition) is 3. The molecule has 3 aromatic rings. The molecule has 0 saturated carbocycles. The number of benzene rings is 2. The summed E-state index contributed by atoms with van der Waals surface area (Å²) in [6.07, 6.45) is 2.28. The van der Waals surface area contributed by atoms with Crippen LogP contribution in [0.3, 0.4) is 0 Å². The van der Waals surface area contributed by atoms with Crippen molar-refractivity contribution in [2.75, 3.05) is 11.4 Å². The lowest BCUT2D eigenvalue weighted by atomic mass is 10.1. The molecule has 0 fully saturated rings. The van der Waals surface area contributed by atoms with E-state index in [1.54, 1.807) is 12.3 Å². The second kappa shape index (κ2) is 5.73. The normalized spacial score (nSPS) is 13.2. The van der Waals surface area contributed by atoms with Crippen LogP contribution in [0.1, 0.15) is 11.1 Å². The Labute approximate surface area is 151 Å². The van der Waals surface area contributed by atoms with Crippen molar-refractivity contribution in [3.8, 4) is 6.07 Å². The number of anilines is 2. The topological polar surface area (TPSA) is 39.9 Å². The Bertz CT molecular complexity index is 1030. The summed E-state index contributed by atoms with van der Waals surface area (Å²) in [5, 5.41) is 10.5. The third-order valence-electron chi connectivity index (χ3n) is 4.21. The van der Waals surface area contributed by atoms with Crippen LogP contribution in [-0.2, 0) is 6.42 Å². The molecule has 2 heterocycles. The molecular formula is C18H10BrClFN3. The predicted octanol–water partition coefficient (Wildman–Crippen LogP) is 5.36. The molecule has 1 aliphatic rings. The molecule has 118 valence electrons. The van der Waals surface area contributed by atoms with E-state index < -0.39 is 5.82 Å². The minimum absolute atomic E-state index is 0.0821. The van der Waals surface area contributed by atoms with E-state index in [0.29, 0.717) is 18.5 Å². The third-order valence-corrected chi connectivity index (χ3v) is 4.99. The van der Waals surface area contributed by atoms with Crippen molar-refractivity contribution in [2.45, 2.75) is 6.42 Å². The van der Waals surface area contributed by atoms with Crippen LogP contribution >= 0.6 is 27.5 Å². The first-order valence-corrected chi connectivity index (χ1v) is 8.49. The van der Waals surface area contributed by atoms with Gasteiger partial charge in [0.25, 0.3) is 0 Å². The fourth-order valence-electron chi connectivity index (χ4n) is 3.14. The maximum atomic E-state index is 13.7. The molecular weight excluding hydrogens is 393 g/mol. The highest BCUT2D eigenvalue weighted by Gasteiger charge is 2.26. The lowest BCUT2D eigenvalue weighted by Crippen LogP contribution is -2.15. The smallest absolute Gasteiger partial charge is 0.142 e. The van der Waals surface area contributed by atoms with Gasteiger partial charge in [0, 0.05) is 28.3 Å². The Morgan fingerprint density at radius 3 is 2.92 bits per heavy atom. The Hall–Kier alpha value is -2.16. The average Bonchev–Trinajstić information content (AvgIpc) is 2.96. The minimum Gasteiger partial charge on any atom is -0.339 e. The molecule has 24 heavy (non-hydrogen) atoms. The van der Waals surface area contributed by atoms with E-state index in [1.165, 1.54) is 6.07 Å². The summed E-state index contributed by atoms with van der Waals surface area (Å²) in [6, 6.07) is 11.1. The van der Waals surface area contributed by atoms with Crippen molar-refractivity contribution in [3.63, 3.8) is 0 Å². The summed E-state index contributed by atoms with van der Waals surface area (Å²) in [5.41, 5.74) is 3.79. The molecule has 0 atom stereocenters.